The van der Waals surface area contributed by atoms with Gasteiger partial charge in [-0.3, -0.25) is 18.8 Å². The Morgan fingerprint density at radius 3 is 2.45 bits per heavy atom. The highest BCUT2D eigenvalue weighted by Gasteiger charge is 2.57. The maximum absolute atomic E-state index is 13.4. The Morgan fingerprint density at radius 1 is 1.19 bits per heavy atom. The fourth-order valence-corrected chi connectivity index (χ4v) is 3.68. The number of esters is 1. The maximum Gasteiger partial charge on any atom is 0.441 e. The average Bonchev–Trinajstić information content (AvgIpc) is 3.18. The molecule has 2 atom stereocenters. The number of carbonyl (C=O) groups is 2. The van der Waals surface area contributed by atoms with Crippen molar-refractivity contribution in [3.63, 3.8) is 0 Å². The van der Waals surface area contributed by atoms with Gasteiger partial charge in [0.1, 0.15) is 5.54 Å². The number of rotatable bonds is 6. The summed E-state index contributed by atoms with van der Waals surface area (Å²) in [5.74, 6) is -0.657. The third kappa shape index (κ3) is 4.47. The van der Waals surface area contributed by atoms with E-state index in [9.17, 15) is 14.4 Å². The minimum Gasteiger partial charge on any atom is -0.439 e. The van der Waals surface area contributed by atoms with Crippen LogP contribution in [-0.4, -0.2) is 38.3 Å². The summed E-state index contributed by atoms with van der Waals surface area (Å²) in [6.07, 6.45) is 3.96. The molecule has 1 aromatic carbocycles. The number of amides is 1. The summed E-state index contributed by atoms with van der Waals surface area (Å²) < 4.78 is 11.7. The molecule has 0 saturated carbocycles. The monoisotopic (exact) mass is 427 g/mol. The normalized spacial score (nSPS) is 21.6. The van der Waals surface area contributed by atoms with Crippen molar-refractivity contribution in [1.82, 2.24) is 14.6 Å². The minimum absolute atomic E-state index is 0.232. The van der Waals surface area contributed by atoms with Crippen LogP contribution in [0.3, 0.4) is 0 Å². The predicted octanol–water partition coefficient (Wildman–Crippen LogP) is 3.31. The van der Waals surface area contributed by atoms with Gasteiger partial charge in [0.2, 0.25) is 0 Å². The highest BCUT2D eigenvalue weighted by Crippen LogP contribution is 2.41. The minimum atomic E-state index is -1.10. The zero-order valence-electron chi connectivity index (χ0n) is 18.6. The molecule has 166 valence electrons. The molecule has 8 heteroatoms. The molecule has 2 heterocycles. The first-order valence-corrected chi connectivity index (χ1v) is 10.3. The van der Waals surface area contributed by atoms with E-state index in [1.165, 1.54) is 4.57 Å². The van der Waals surface area contributed by atoms with E-state index in [1.54, 1.807) is 43.0 Å². The molecular formula is C23H29N3O5. The van der Waals surface area contributed by atoms with Crippen molar-refractivity contribution in [3.8, 4) is 0 Å². The van der Waals surface area contributed by atoms with Gasteiger partial charge in [-0.05, 0) is 38.8 Å². The summed E-state index contributed by atoms with van der Waals surface area (Å²) >= 11 is 0. The largest absolute Gasteiger partial charge is 0.441 e. The second-order valence-corrected chi connectivity index (χ2v) is 9.06. The summed E-state index contributed by atoms with van der Waals surface area (Å²) in [6.45, 7) is 9.60. The second-order valence-electron chi connectivity index (χ2n) is 9.06. The quantitative estimate of drug-likeness (QED) is 0.519. The van der Waals surface area contributed by atoms with Crippen LogP contribution in [0.5, 0.6) is 0 Å². The summed E-state index contributed by atoms with van der Waals surface area (Å²) in [6, 6.07) is 8.92. The van der Waals surface area contributed by atoms with Gasteiger partial charge in [0.05, 0.1) is 0 Å². The number of nitrogens with zero attached hydrogens (tertiary/aromatic N) is 3. The number of allylic oxidation sites excluding steroid dienone is 2. The number of aryl methyl sites for hydroxylation is 1. The van der Waals surface area contributed by atoms with E-state index in [2.05, 4.69) is 9.68 Å². The number of hydrogen-bond donors (Lipinski definition) is 0. The van der Waals surface area contributed by atoms with Gasteiger partial charge in [0, 0.05) is 17.5 Å². The first-order valence-electron chi connectivity index (χ1n) is 10.3. The lowest BCUT2D eigenvalue weighted by atomic mass is 9.88. The molecule has 0 N–H and O–H groups in total. The highest BCUT2D eigenvalue weighted by molar-refractivity contribution is 5.99. The lowest BCUT2D eigenvalue weighted by Gasteiger charge is -2.38. The van der Waals surface area contributed by atoms with Crippen molar-refractivity contribution in [2.45, 2.75) is 65.8 Å². The number of cyclic esters (lactones) is 1. The van der Waals surface area contributed by atoms with Crippen LogP contribution in [0.2, 0.25) is 0 Å². The molecule has 0 spiro atoms. The Morgan fingerprint density at radius 2 is 1.87 bits per heavy atom. The van der Waals surface area contributed by atoms with Gasteiger partial charge in [-0.25, -0.2) is 9.59 Å². The predicted molar refractivity (Wildman–Crippen MR) is 114 cm³/mol. The molecule has 0 bridgehead atoms. The summed E-state index contributed by atoms with van der Waals surface area (Å²) in [4.78, 5) is 39.5. The first kappa shape index (κ1) is 22.5. The van der Waals surface area contributed by atoms with E-state index in [0.29, 0.717) is 30.8 Å². The van der Waals surface area contributed by atoms with Gasteiger partial charge in [-0.15, -0.1) is 0 Å². The molecule has 0 unspecified atom stereocenters. The third-order valence-electron chi connectivity index (χ3n) is 5.52. The zero-order chi connectivity index (χ0) is 22.8. The molecule has 8 nitrogen and oxygen atoms in total. The van der Waals surface area contributed by atoms with E-state index in [-0.39, 0.29) is 5.91 Å². The number of hydrogen-bond acceptors (Lipinski definition) is 6. The SMILES string of the molecule is Cc1noc(=O)n1C/C=C\CC[C@@]1(C)C(=O)O[C@H](C(C)(C)C)N1C(=O)c1ccccc1. The molecule has 1 saturated heterocycles. The molecule has 1 aromatic heterocycles. The molecule has 3 rings (SSSR count). The molecule has 1 amide bonds. The van der Waals surface area contributed by atoms with Gasteiger partial charge in [0.15, 0.2) is 12.1 Å². The van der Waals surface area contributed by atoms with Crippen LogP contribution in [0, 0.1) is 12.3 Å². The smallest absolute Gasteiger partial charge is 0.439 e. The summed E-state index contributed by atoms with van der Waals surface area (Å²) in [7, 11) is 0. The van der Waals surface area contributed by atoms with Crippen LogP contribution in [0.4, 0.5) is 0 Å². The van der Waals surface area contributed by atoms with E-state index in [4.69, 9.17) is 4.74 Å². The average molecular weight is 428 g/mol. The fraction of sp³-hybridized carbons (Fsp3) is 0.478. The molecule has 0 radical (unpaired) electrons. The topological polar surface area (TPSA) is 94.6 Å². The fourth-order valence-electron chi connectivity index (χ4n) is 3.68. The Kier molecular flexibility index (Phi) is 6.20. The number of benzene rings is 1. The van der Waals surface area contributed by atoms with Gasteiger partial charge in [-0.2, -0.15) is 0 Å². The van der Waals surface area contributed by atoms with Gasteiger partial charge in [0.25, 0.3) is 5.91 Å². The van der Waals surface area contributed by atoms with Gasteiger partial charge in [-0.1, -0.05) is 56.3 Å². The molecule has 1 aliphatic rings. The Bertz CT molecular complexity index is 1030. The summed E-state index contributed by atoms with van der Waals surface area (Å²) in [5, 5.41) is 3.62. The second kappa shape index (κ2) is 8.53. The van der Waals surface area contributed by atoms with Crippen LogP contribution in [-0.2, 0) is 16.1 Å². The molecular weight excluding hydrogens is 398 g/mol. The Hall–Kier alpha value is -3.16. The molecule has 1 fully saturated rings. The van der Waals surface area contributed by atoms with E-state index in [1.807, 2.05) is 39.0 Å². The van der Waals surface area contributed by atoms with Crippen molar-refractivity contribution in [2.75, 3.05) is 0 Å². The standard InChI is InChI=1S/C23H29N3O5/c1-16-24-31-21(29)25(16)15-11-7-10-14-23(5)20(28)30-19(22(2,3)4)26(23)18(27)17-12-8-6-9-13-17/h6-9,11-13,19H,10,14-15H2,1-5H3/b11-7-/t19-,23+/m1/s1. The highest BCUT2D eigenvalue weighted by atomic mass is 16.6. The number of aromatic nitrogens is 2. The summed E-state index contributed by atoms with van der Waals surface area (Å²) in [5.41, 5.74) is -1.03. The molecule has 0 aliphatic carbocycles. The van der Waals surface area contributed by atoms with E-state index in [0.717, 1.165) is 0 Å². The first-order chi connectivity index (χ1) is 14.6. The number of ether oxygens (including phenoxy) is 1. The van der Waals surface area contributed by atoms with Crippen LogP contribution in [0.25, 0.3) is 0 Å². The maximum atomic E-state index is 13.4. The van der Waals surface area contributed by atoms with Crippen molar-refractivity contribution in [2.24, 2.45) is 5.41 Å². The van der Waals surface area contributed by atoms with Crippen molar-refractivity contribution < 1.29 is 18.8 Å². The van der Waals surface area contributed by atoms with Crippen LogP contribution >= 0.6 is 0 Å². The third-order valence-corrected chi connectivity index (χ3v) is 5.52. The van der Waals surface area contributed by atoms with E-state index < -0.39 is 28.9 Å². The van der Waals surface area contributed by atoms with E-state index >= 15 is 0 Å². The van der Waals surface area contributed by atoms with Crippen LogP contribution in [0.15, 0.2) is 51.8 Å². The lowest BCUT2D eigenvalue weighted by molar-refractivity contribution is -0.148. The Balaban J connectivity index is 1.80. The van der Waals surface area contributed by atoms with Crippen molar-refractivity contribution in [3.05, 3.63) is 64.4 Å². The van der Waals surface area contributed by atoms with Crippen molar-refractivity contribution >= 4 is 11.9 Å². The lowest BCUT2D eigenvalue weighted by Crippen LogP contribution is -2.54. The van der Waals surface area contributed by atoms with Crippen molar-refractivity contribution in [1.29, 1.82) is 0 Å². The molecule has 1 aliphatic heterocycles. The Labute approximate surface area is 181 Å². The van der Waals surface area contributed by atoms with Crippen LogP contribution < -0.4 is 5.76 Å². The van der Waals surface area contributed by atoms with Gasteiger partial charge >= 0.3 is 11.7 Å². The van der Waals surface area contributed by atoms with Crippen LogP contribution in [0.1, 0.15) is 56.7 Å². The molecule has 2 aromatic rings. The molecule has 31 heavy (non-hydrogen) atoms. The zero-order valence-corrected chi connectivity index (χ0v) is 18.6. The number of carbonyl (C=O) groups excluding carboxylic acids is 2. The van der Waals surface area contributed by atoms with Gasteiger partial charge < -0.3 is 4.74 Å².